The summed E-state index contributed by atoms with van der Waals surface area (Å²) in [6, 6.07) is 7.68. The van der Waals surface area contributed by atoms with Gasteiger partial charge in [-0.25, -0.2) is 9.89 Å². The third-order valence-electron chi connectivity index (χ3n) is 4.31. The lowest BCUT2D eigenvalue weighted by molar-refractivity contribution is -0.121. The van der Waals surface area contributed by atoms with Crippen LogP contribution in [0, 0.1) is 6.92 Å². The molecule has 2 aliphatic heterocycles. The number of nitrogens with zero attached hydrogens (tertiary/aromatic N) is 3. The Labute approximate surface area is 146 Å². The van der Waals surface area contributed by atoms with E-state index in [1.807, 2.05) is 50.1 Å². The second-order valence-corrected chi connectivity index (χ2v) is 7.44. The number of anilines is 1. The van der Waals surface area contributed by atoms with Gasteiger partial charge in [0, 0.05) is 25.2 Å². The number of rotatable bonds is 2. The van der Waals surface area contributed by atoms with Crippen LogP contribution in [-0.2, 0) is 9.59 Å². The molecular formula is C18H21N3O2S. The molecule has 6 heteroatoms. The third kappa shape index (κ3) is 3.11. The van der Waals surface area contributed by atoms with Gasteiger partial charge in [0.25, 0.3) is 0 Å². The average molecular weight is 343 g/mol. The fourth-order valence-corrected chi connectivity index (χ4v) is 4.02. The maximum atomic E-state index is 12.7. The molecule has 1 aromatic rings. The fourth-order valence-electron chi connectivity index (χ4n) is 2.80. The van der Waals surface area contributed by atoms with E-state index in [1.165, 1.54) is 16.7 Å². The molecule has 0 aliphatic carbocycles. The largest absolute Gasteiger partial charge is 0.348 e. The number of aryl methyl sites for hydroxylation is 1. The molecule has 0 bridgehead atoms. The van der Waals surface area contributed by atoms with Crippen LogP contribution in [0.4, 0.5) is 5.69 Å². The van der Waals surface area contributed by atoms with E-state index < -0.39 is 5.25 Å². The maximum absolute atomic E-state index is 12.7. The number of amides is 2. The van der Waals surface area contributed by atoms with Crippen LogP contribution in [0.2, 0.25) is 0 Å². The van der Waals surface area contributed by atoms with Crippen molar-refractivity contribution in [2.24, 2.45) is 4.99 Å². The fraction of sp³-hybridized carbons (Fsp3) is 0.389. The van der Waals surface area contributed by atoms with Crippen molar-refractivity contribution in [1.82, 2.24) is 4.90 Å². The summed E-state index contributed by atoms with van der Waals surface area (Å²) in [7, 11) is 1.96. The molecule has 1 fully saturated rings. The Balaban J connectivity index is 1.79. The minimum Gasteiger partial charge on any atom is -0.348 e. The van der Waals surface area contributed by atoms with Crippen molar-refractivity contribution in [3.63, 3.8) is 0 Å². The first kappa shape index (κ1) is 16.8. The smallest absolute Gasteiger partial charge is 0.247 e. The van der Waals surface area contributed by atoms with Gasteiger partial charge in [-0.05, 0) is 39.0 Å². The second kappa shape index (κ2) is 6.43. The number of carbonyl (C=O) groups is 2. The summed E-state index contributed by atoms with van der Waals surface area (Å²) in [5, 5.41) is 0.373. The van der Waals surface area contributed by atoms with Gasteiger partial charge in [-0.3, -0.25) is 9.59 Å². The highest BCUT2D eigenvalue weighted by Crippen LogP contribution is 2.32. The molecule has 126 valence electrons. The van der Waals surface area contributed by atoms with Crippen LogP contribution in [0.1, 0.15) is 25.8 Å². The van der Waals surface area contributed by atoms with Crippen LogP contribution in [0.15, 0.2) is 41.0 Å². The lowest BCUT2D eigenvalue weighted by atomic mass is 10.2. The second-order valence-electron chi connectivity index (χ2n) is 6.27. The highest BCUT2D eigenvalue weighted by Gasteiger charge is 2.41. The molecule has 0 N–H and O–H groups in total. The van der Waals surface area contributed by atoms with Gasteiger partial charge in [0.15, 0.2) is 5.17 Å². The van der Waals surface area contributed by atoms with Crippen molar-refractivity contribution in [2.45, 2.75) is 38.5 Å². The van der Waals surface area contributed by atoms with Crippen LogP contribution in [0.5, 0.6) is 0 Å². The first-order valence-electron chi connectivity index (χ1n) is 7.97. The van der Waals surface area contributed by atoms with E-state index in [9.17, 15) is 9.59 Å². The molecule has 1 saturated heterocycles. The Kier molecular flexibility index (Phi) is 4.49. The molecule has 2 unspecified atom stereocenters. The first-order valence-corrected chi connectivity index (χ1v) is 8.85. The van der Waals surface area contributed by atoms with Crippen molar-refractivity contribution < 1.29 is 9.59 Å². The topological polar surface area (TPSA) is 53.0 Å². The van der Waals surface area contributed by atoms with E-state index in [-0.39, 0.29) is 24.3 Å². The Morgan fingerprint density at radius 3 is 2.50 bits per heavy atom. The molecule has 2 aliphatic rings. The maximum Gasteiger partial charge on any atom is 0.247 e. The van der Waals surface area contributed by atoms with E-state index >= 15 is 0 Å². The molecule has 24 heavy (non-hydrogen) atoms. The molecule has 0 saturated carbocycles. The molecular weight excluding hydrogens is 322 g/mol. The van der Waals surface area contributed by atoms with Gasteiger partial charge in [-0.1, -0.05) is 29.5 Å². The molecule has 0 radical (unpaired) electrons. The summed E-state index contributed by atoms with van der Waals surface area (Å²) in [6.07, 6.45) is 2.28. The van der Waals surface area contributed by atoms with Crippen LogP contribution in [0.25, 0.3) is 0 Å². The highest BCUT2D eigenvalue weighted by molar-refractivity contribution is 8.15. The van der Waals surface area contributed by atoms with Crippen LogP contribution in [-0.4, -0.2) is 40.2 Å². The zero-order chi connectivity index (χ0) is 17.4. The Bertz CT molecular complexity index is 739. The monoisotopic (exact) mass is 343 g/mol. The molecule has 0 aromatic heterocycles. The summed E-state index contributed by atoms with van der Waals surface area (Å²) in [6.45, 7) is 6.01. The van der Waals surface area contributed by atoms with Crippen molar-refractivity contribution in [1.29, 1.82) is 0 Å². The zero-order valence-electron chi connectivity index (χ0n) is 14.3. The standard InChI is InChI=1S/C18H21N3O2S/c1-11-5-7-14(8-6-11)21-16(22)10-15(17(21)23)24-18-19-12(2)9-13(3)20(18)4/h5-9,13,15H,10H2,1-4H3. The molecule has 3 rings (SSSR count). The van der Waals surface area contributed by atoms with Gasteiger partial charge < -0.3 is 4.90 Å². The lowest BCUT2D eigenvalue weighted by Crippen LogP contribution is -2.37. The summed E-state index contributed by atoms with van der Waals surface area (Å²) in [4.78, 5) is 33.0. The number of thioether (sulfide) groups is 1. The van der Waals surface area contributed by atoms with E-state index in [4.69, 9.17) is 0 Å². The van der Waals surface area contributed by atoms with Gasteiger partial charge in [-0.15, -0.1) is 0 Å². The normalized spacial score (nSPS) is 24.3. The molecule has 0 spiro atoms. The van der Waals surface area contributed by atoms with Gasteiger partial charge in [0.05, 0.1) is 5.69 Å². The summed E-state index contributed by atoms with van der Waals surface area (Å²) >= 11 is 1.38. The highest BCUT2D eigenvalue weighted by atomic mass is 32.2. The van der Waals surface area contributed by atoms with Crippen LogP contribution in [0.3, 0.4) is 0 Å². The molecule has 1 aromatic carbocycles. The van der Waals surface area contributed by atoms with E-state index in [2.05, 4.69) is 18.0 Å². The average Bonchev–Trinajstić information content (AvgIpc) is 2.80. The van der Waals surface area contributed by atoms with Gasteiger partial charge in [-0.2, -0.15) is 0 Å². The van der Waals surface area contributed by atoms with E-state index in [0.717, 1.165) is 16.4 Å². The van der Waals surface area contributed by atoms with Crippen molar-refractivity contribution in [3.05, 3.63) is 41.6 Å². The van der Waals surface area contributed by atoms with Gasteiger partial charge >= 0.3 is 0 Å². The number of aliphatic imine (C=N–C) groups is 1. The third-order valence-corrected chi connectivity index (χ3v) is 5.56. The van der Waals surface area contributed by atoms with Gasteiger partial charge in [0.2, 0.25) is 11.8 Å². The van der Waals surface area contributed by atoms with Crippen LogP contribution >= 0.6 is 11.8 Å². The number of hydrogen-bond donors (Lipinski definition) is 0. The van der Waals surface area contributed by atoms with Crippen molar-refractivity contribution in [3.8, 4) is 0 Å². The number of carbonyl (C=O) groups excluding carboxylic acids is 2. The minimum atomic E-state index is -0.418. The summed E-state index contributed by atoms with van der Waals surface area (Å²) in [5.74, 6) is -0.314. The number of imide groups is 1. The zero-order valence-corrected chi connectivity index (χ0v) is 15.1. The predicted octanol–water partition coefficient (Wildman–Crippen LogP) is 2.95. The lowest BCUT2D eigenvalue weighted by Gasteiger charge is -2.30. The number of hydrogen-bond acceptors (Lipinski definition) is 5. The Morgan fingerprint density at radius 1 is 1.17 bits per heavy atom. The number of likely N-dealkylation sites (N-methyl/N-ethyl adjacent to an activating group) is 1. The quantitative estimate of drug-likeness (QED) is 0.775. The first-order chi connectivity index (χ1) is 11.4. The summed E-state index contributed by atoms with van der Waals surface area (Å²) < 4.78 is 0. The number of benzene rings is 1. The Morgan fingerprint density at radius 2 is 1.83 bits per heavy atom. The number of allylic oxidation sites excluding steroid dienone is 1. The Hall–Kier alpha value is -2.08. The van der Waals surface area contributed by atoms with Crippen LogP contribution < -0.4 is 4.90 Å². The predicted molar refractivity (Wildman–Crippen MR) is 98.1 cm³/mol. The molecule has 5 nitrogen and oxygen atoms in total. The van der Waals surface area contributed by atoms with E-state index in [0.29, 0.717) is 5.69 Å². The number of amidine groups is 1. The van der Waals surface area contributed by atoms with Gasteiger partial charge in [0.1, 0.15) is 5.25 Å². The minimum absolute atomic E-state index is 0.152. The summed E-state index contributed by atoms with van der Waals surface area (Å²) in [5.41, 5.74) is 2.68. The van der Waals surface area contributed by atoms with Crippen molar-refractivity contribution >= 4 is 34.4 Å². The molecule has 2 heterocycles. The molecule has 2 amide bonds. The SMILES string of the molecule is CC1=CC(C)N(C)C(SC2CC(=O)N(c3ccc(C)cc3)C2=O)=N1. The van der Waals surface area contributed by atoms with Crippen molar-refractivity contribution in [2.75, 3.05) is 11.9 Å². The van der Waals surface area contributed by atoms with E-state index in [1.54, 1.807) is 0 Å². The molecule has 2 atom stereocenters.